The molecule has 1 unspecified atom stereocenters. The van der Waals surface area contributed by atoms with Crippen molar-refractivity contribution in [1.82, 2.24) is 5.32 Å². The van der Waals surface area contributed by atoms with Gasteiger partial charge in [0.05, 0.1) is 18.2 Å². The maximum absolute atomic E-state index is 6.29. The molecule has 5 heteroatoms. The molecule has 2 heterocycles. The lowest BCUT2D eigenvalue weighted by Crippen LogP contribution is -2.22. The summed E-state index contributed by atoms with van der Waals surface area (Å²) in [6.45, 7) is 3.28. The number of halogens is 1. The van der Waals surface area contributed by atoms with E-state index in [1.54, 1.807) is 0 Å². The first-order valence-corrected chi connectivity index (χ1v) is 8.72. The Morgan fingerprint density at radius 3 is 3.05 bits per heavy atom. The van der Waals surface area contributed by atoms with Crippen LogP contribution in [0.5, 0.6) is 11.5 Å². The Kier molecular flexibility index (Phi) is 4.97. The van der Waals surface area contributed by atoms with Crippen LogP contribution in [0.1, 0.15) is 18.4 Å². The Morgan fingerprint density at radius 2 is 2.20 bits per heavy atom. The highest BCUT2D eigenvalue weighted by molar-refractivity contribution is 7.99. The predicted molar refractivity (Wildman–Crippen MR) is 84.2 cm³/mol. The number of thioether (sulfide) groups is 1. The van der Waals surface area contributed by atoms with E-state index in [1.807, 2.05) is 12.1 Å². The maximum atomic E-state index is 6.29. The van der Waals surface area contributed by atoms with Crippen LogP contribution in [0.2, 0.25) is 5.02 Å². The van der Waals surface area contributed by atoms with E-state index in [4.69, 9.17) is 21.1 Å². The van der Waals surface area contributed by atoms with Gasteiger partial charge in [-0.05, 0) is 48.1 Å². The van der Waals surface area contributed by atoms with Crippen molar-refractivity contribution in [1.29, 1.82) is 0 Å². The summed E-state index contributed by atoms with van der Waals surface area (Å²) in [5.74, 6) is 4.89. The molecule has 0 amide bonds. The van der Waals surface area contributed by atoms with Crippen molar-refractivity contribution < 1.29 is 9.47 Å². The zero-order chi connectivity index (χ0) is 13.8. The van der Waals surface area contributed by atoms with Gasteiger partial charge < -0.3 is 14.8 Å². The highest BCUT2D eigenvalue weighted by atomic mass is 35.5. The van der Waals surface area contributed by atoms with Gasteiger partial charge in [-0.15, -0.1) is 0 Å². The van der Waals surface area contributed by atoms with Crippen molar-refractivity contribution in [2.75, 3.05) is 31.3 Å². The van der Waals surface area contributed by atoms with Crippen molar-refractivity contribution in [2.45, 2.75) is 19.4 Å². The molecular weight excluding hydrogens is 294 g/mol. The quantitative estimate of drug-likeness (QED) is 0.923. The third kappa shape index (κ3) is 3.54. The van der Waals surface area contributed by atoms with Crippen LogP contribution in [0.3, 0.4) is 0 Å². The average Bonchev–Trinajstić information content (AvgIpc) is 2.83. The Labute approximate surface area is 129 Å². The van der Waals surface area contributed by atoms with Crippen LogP contribution in [-0.4, -0.2) is 31.3 Å². The molecule has 1 saturated heterocycles. The zero-order valence-corrected chi connectivity index (χ0v) is 13.1. The highest BCUT2D eigenvalue weighted by Gasteiger charge is 2.17. The first-order valence-electron chi connectivity index (χ1n) is 7.19. The lowest BCUT2D eigenvalue weighted by Gasteiger charge is -2.13. The first-order chi connectivity index (χ1) is 9.83. The standard InChI is InChI=1S/C15H20ClNO2S/c16-13-6-12(9-17-8-11-2-5-20-10-11)7-14-15(13)19-4-1-3-18-14/h6-7,11,17H,1-5,8-10H2. The van der Waals surface area contributed by atoms with Crippen LogP contribution in [0, 0.1) is 5.92 Å². The minimum atomic E-state index is 0.651. The third-order valence-corrected chi connectivity index (χ3v) is 5.16. The Bertz CT molecular complexity index is 463. The fourth-order valence-electron chi connectivity index (χ4n) is 2.55. The third-order valence-electron chi connectivity index (χ3n) is 3.65. The van der Waals surface area contributed by atoms with Crippen LogP contribution in [0.25, 0.3) is 0 Å². The summed E-state index contributed by atoms with van der Waals surface area (Å²) in [5.41, 5.74) is 1.16. The first kappa shape index (κ1) is 14.4. The summed E-state index contributed by atoms with van der Waals surface area (Å²) in [6, 6.07) is 4.02. The Hall–Kier alpha value is -0.580. The molecule has 0 aliphatic carbocycles. The van der Waals surface area contributed by atoms with E-state index in [0.717, 1.165) is 36.7 Å². The second-order valence-electron chi connectivity index (χ2n) is 5.32. The van der Waals surface area contributed by atoms with E-state index < -0.39 is 0 Å². The molecular formula is C15H20ClNO2S. The molecule has 1 N–H and O–H groups in total. The molecule has 1 aromatic carbocycles. The fourth-order valence-corrected chi connectivity index (χ4v) is 4.12. The number of nitrogens with one attached hydrogen (secondary N) is 1. The SMILES string of the molecule is Clc1cc(CNCC2CCSC2)cc2c1OCCCO2. The predicted octanol–water partition coefficient (Wildman–Crippen LogP) is 3.34. The van der Waals surface area contributed by atoms with Gasteiger partial charge in [-0.2, -0.15) is 11.8 Å². The molecule has 20 heavy (non-hydrogen) atoms. The van der Waals surface area contributed by atoms with Gasteiger partial charge in [0.15, 0.2) is 11.5 Å². The largest absolute Gasteiger partial charge is 0.489 e. The number of hydrogen-bond acceptors (Lipinski definition) is 4. The van der Waals surface area contributed by atoms with Crippen molar-refractivity contribution in [3.8, 4) is 11.5 Å². The number of rotatable bonds is 4. The lowest BCUT2D eigenvalue weighted by molar-refractivity contribution is 0.297. The van der Waals surface area contributed by atoms with Gasteiger partial charge in [-0.1, -0.05) is 11.6 Å². The molecule has 0 saturated carbocycles. The van der Waals surface area contributed by atoms with E-state index >= 15 is 0 Å². The zero-order valence-electron chi connectivity index (χ0n) is 11.5. The van der Waals surface area contributed by atoms with Gasteiger partial charge in [0.1, 0.15) is 0 Å². The molecule has 1 fully saturated rings. The number of hydrogen-bond donors (Lipinski definition) is 1. The van der Waals surface area contributed by atoms with E-state index in [1.165, 1.54) is 17.9 Å². The smallest absolute Gasteiger partial charge is 0.179 e. The van der Waals surface area contributed by atoms with Gasteiger partial charge in [0.2, 0.25) is 0 Å². The molecule has 0 spiro atoms. The highest BCUT2D eigenvalue weighted by Crippen LogP contribution is 2.38. The van der Waals surface area contributed by atoms with E-state index in [0.29, 0.717) is 24.0 Å². The molecule has 110 valence electrons. The fraction of sp³-hybridized carbons (Fsp3) is 0.600. The second-order valence-corrected chi connectivity index (χ2v) is 6.87. The molecule has 3 nitrogen and oxygen atoms in total. The molecule has 3 rings (SSSR count). The summed E-state index contributed by atoms with van der Waals surface area (Å²) in [4.78, 5) is 0. The minimum absolute atomic E-state index is 0.651. The second kappa shape index (κ2) is 6.92. The van der Waals surface area contributed by atoms with Gasteiger partial charge in [0.25, 0.3) is 0 Å². The number of fused-ring (bicyclic) bond motifs is 1. The normalized spacial score (nSPS) is 21.8. The molecule has 0 radical (unpaired) electrons. The van der Waals surface area contributed by atoms with Gasteiger partial charge in [-0.25, -0.2) is 0 Å². The monoisotopic (exact) mass is 313 g/mol. The van der Waals surface area contributed by atoms with Crippen LogP contribution >= 0.6 is 23.4 Å². The van der Waals surface area contributed by atoms with Gasteiger partial charge in [0, 0.05) is 13.0 Å². The Balaban J connectivity index is 1.61. The molecule has 1 aromatic rings. The van der Waals surface area contributed by atoms with Gasteiger partial charge in [-0.3, -0.25) is 0 Å². The summed E-state index contributed by atoms with van der Waals surface area (Å²) < 4.78 is 11.3. The Morgan fingerprint density at radius 1 is 1.30 bits per heavy atom. The average molecular weight is 314 g/mol. The molecule has 0 bridgehead atoms. The maximum Gasteiger partial charge on any atom is 0.179 e. The molecule has 1 atom stereocenters. The van der Waals surface area contributed by atoms with Crippen molar-refractivity contribution in [3.63, 3.8) is 0 Å². The van der Waals surface area contributed by atoms with Gasteiger partial charge >= 0.3 is 0 Å². The van der Waals surface area contributed by atoms with Crippen LogP contribution in [0.15, 0.2) is 12.1 Å². The molecule has 0 aromatic heterocycles. The van der Waals surface area contributed by atoms with E-state index in [9.17, 15) is 0 Å². The van der Waals surface area contributed by atoms with Crippen LogP contribution in [-0.2, 0) is 6.54 Å². The summed E-state index contributed by atoms with van der Waals surface area (Å²) in [6.07, 6.45) is 2.23. The summed E-state index contributed by atoms with van der Waals surface area (Å²) in [5, 5.41) is 4.18. The minimum Gasteiger partial charge on any atom is -0.489 e. The van der Waals surface area contributed by atoms with Crippen molar-refractivity contribution in [2.24, 2.45) is 5.92 Å². The van der Waals surface area contributed by atoms with Crippen molar-refractivity contribution >= 4 is 23.4 Å². The van der Waals surface area contributed by atoms with E-state index in [2.05, 4.69) is 17.1 Å². The number of benzene rings is 1. The topological polar surface area (TPSA) is 30.5 Å². The molecule has 2 aliphatic rings. The van der Waals surface area contributed by atoms with Crippen LogP contribution in [0.4, 0.5) is 0 Å². The van der Waals surface area contributed by atoms with E-state index in [-0.39, 0.29) is 0 Å². The summed E-state index contributed by atoms with van der Waals surface area (Å²) in [7, 11) is 0. The lowest BCUT2D eigenvalue weighted by atomic mass is 10.1. The summed E-state index contributed by atoms with van der Waals surface area (Å²) >= 11 is 8.34. The van der Waals surface area contributed by atoms with Crippen molar-refractivity contribution in [3.05, 3.63) is 22.7 Å². The number of ether oxygens (including phenoxy) is 2. The molecule has 2 aliphatic heterocycles. The van der Waals surface area contributed by atoms with Crippen LogP contribution < -0.4 is 14.8 Å².